The fourth-order valence-corrected chi connectivity index (χ4v) is 3.09. The molecule has 1 heterocycles. The fourth-order valence-electron chi connectivity index (χ4n) is 2.72. The van der Waals surface area contributed by atoms with Crippen LogP contribution in [0.4, 0.5) is 5.69 Å². The number of pyridine rings is 1. The third-order valence-corrected chi connectivity index (χ3v) is 4.76. The molecule has 1 aromatic heterocycles. The summed E-state index contributed by atoms with van der Waals surface area (Å²) in [7, 11) is 1.51. The Bertz CT molecular complexity index is 1070. The maximum absolute atomic E-state index is 12.7. The lowest BCUT2D eigenvalue weighted by atomic mass is 10.1. The second kappa shape index (κ2) is 10.4. The van der Waals surface area contributed by atoms with Gasteiger partial charge in [-0.25, -0.2) is 5.48 Å². The van der Waals surface area contributed by atoms with Gasteiger partial charge in [0.2, 0.25) is 0 Å². The van der Waals surface area contributed by atoms with Crippen molar-refractivity contribution in [3.05, 3.63) is 87.7 Å². The van der Waals surface area contributed by atoms with Crippen LogP contribution < -0.4 is 15.5 Å². The van der Waals surface area contributed by atoms with Crippen molar-refractivity contribution in [2.45, 2.75) is 13.2 Å². The number of carbonyl (C=O) groups is 1. The van der Waals surface area contributed by atoms with E-state index < -0.39 is 0 Å². The number of nitrogens with zero attached hydrogens (tertiary/aromatic N) is 2. The Balaban J connectivity index is 1.65. The fraction of sp³-hybridized carbons (Fsp3) is 0.136. The van der Waals surface area contributed by atoms with Crippen molar-refractivity contribution < 1.29 is 14.4 Å². The van der Waals surface area contributed by atoms with Crippen LogP contribution >= 0.6 is 15.9 Å². The van der Waals surface area contributed by atoms with Gasteiger partial charge in [-0.1, -0.05) is 22.0 Å². The molecule has 3 rings (SSSR count). The number of hydrogen-bond acceptors (Lipinski definition) is 6. The lowest BCUT2D eigenvalue weighted by Crippen LogP contribution is -2.24. The molecule has 7 nitrogen and oxygen atoms in total. The lowest BCUT2D eigenvalue weighted by Gasteiger charge is -2.14. The number of halogens is 1. The van der Waals surface area contributed by atoms with Crippen molar-refractivity contribution in [2.75, 3.05) is 12.4 Å². The topological polar surface area (TPSA) is 96.3 Å². The van der Waals surface area contributed by atoms with Gasteiger partial charge in [-0.15, -0.1) is 0 Å². The molecule has 0 fully saturated rings. The molecular formula is C22H19BrN4O3. The minimum atomic E-state index is -0.388. The molecule has 0 aliphatic rings. The van der Waals surface area contributed by atoms with Gasteiger partial charge < -0.3 is 10.1 Å². The number of methoxy groups -OCH3 is 1. The molecular weight excluding hydrogens is 448 g/mol. The summed E-state index contributed by atoms with van der Waals surface area (Å²) in [5.74, 6) is 0.131. The quantitative estimate of drug-likeness (QED) is 0.483. The van der Waals surface area contributed by atoms with E-state index in [0.717, 1.165) is 10.0 Å². The van der Waals surface area contributed by atoms with E-state index in [0.29, 0.717) is 34.7 Å². The molecule has 0 spiro atoms. The maximum Gasteiger partial charge on any atom is 0.276 e. The number of ether oxygens (including phenoxy) is 1. The molecule has 152 valence electrons. The molecule has 2 N–H and O–H groups in total. The first-order chi connectivity index (χ1) is 14.6. The second-order valence-electron chi connectivity index (χ2n) is 6.26. The number of aromatic nitrogens is 1. The molecule has 0 atom stereocenters. The average Bonchev–Trinajstić information content (AvgIpc) is 2.78. The zero-order valence-corrected chi connectivity index (χ0v) is 17.8. The average molecular weight is 467 g/mol. The molecule has 0 saturated heterocycles. The molecule has 2 aromatic carbocycles. The monoisotopic (exact) mass is 466 g/mol. The highest BCUT2D eigenvalue weighted by atomic mass is 79.9. The Hall–Kier alpha value is -3.41. The molecule has 3 aromatic rings. The highest BCUT2D eigenvalue weighted by Gasteiger charge is 2.13. The van der Waals surface area contributed by atoms with Crippen LogP contribution in [0.2, 0.25) is 0 Å². The van der Waals surface area contributed by atoms with Crippen molar-refractivity contribution >= 4 is 27.5 Å². The summed E-state index contributed by atoms with van der Waals surface area (Å²) in [4.78, 5) is 22.1. The third-order valence-electron chi connectivity index (χ3n) is 4.27. The van der Waals surface area contributed by atoms with Crippen LogP contribution in [-0.4, -0.2) is 18.0 Å². The van der Waals surface area contributed by atoms with E-state index >= 15 is 0 Å². The maximum atomic E-state index is 12.7. The van der Waals surface area contributed by atoms with Gasteiger partial charge in [-0.05, 0) is 48.0 Å². The molecule has 0 bridgehead atoms. The van der Waals surface area contributed by atoms with Crippen LogP contribution in [0.15, 0.2) is 65.4 Å². The first-order valence-electron chi connectivity index (χ1n) is 9.02. The highest BCUT2D eigenvalue weighted by Crippen LogP contribution is 2.23. The van der Waals surface area contributed by atoms with E-state index in [4.69, 9.17) is 14.8 Å². The number of hydrogen-bond donors (Lipinski definition) is 2. The number of rotatable bonds is 8. The van der Waals surface area contributed by atoms with E-state index in [1.165, 1.54) is 7.11 Å². The Morgan fingerprint density at radius 1 is 1.17 bits per heavy atom. The Kier molecular flexibility index (Phi) is 7.38. The lowest BCUT2D eigenvalue weighted by molar-refractivity contribution is 0.0227. The van der Waals surface area contributed by atoms with E-state index in [2.05, 4.69) is 37.8 Å². The van der Waals surface area contributed by atoms with Crippen molar-refractivity contribution in [1.82, 2.24) is 10.5 Å². The number of hydroxylamine groups is 1. The van der Waals surface area contributed by atoms with Crippen LogP contribution in [-0.2, 0) is 18.0 Å². The van der Waals surface area contributed by atoms with E-state index in [1.807, 2.05) is 24.3 Å². The predicted octanol–water partition coefficient (Wildman–Crippen LogP) is 4.20. The zero-order chi connectivity index (χ0) is 21.3. The van der Waals surface area contributed by atoms with Crippen molar-refractivity contribution in [3.63, 3.8) is 0 Å². The van der Waals surface area contributed by atoms with Gasteiger partial charge in [0.15, 0.2) is 0 Å². The summed E-state index contributed by atoms with van der Waals surface area (Å²) in [6.07, 6.45) is 3.44. The van der Waals surface area contributed by atoms with Gasteiger partial charge >= 0.3 is 0 Å². The van der Waals surface area contributed by atoms with Gasteiger partial charge in [0.25, 0.3) is 5.91 Å². The summed E-state index contributed by atoms with van der Waals surface area (Å²) in [5, 5.41) is 12.2. The van der Waals surface area contributed by atoms with Gasteiger partial charge in [-0.2, -0.15) is 5.26 Å². The first-order valence-corrected chi connectivity index (χ1v) is 9.81. The minimum Gasteiger partial charge on any atom is -0.496 e. The number of amides is 1. The summed E-state index contributed by atoms with van der Waals surface area (Å²) in [6.45, 7) is 0.641. The number of carbonyl (C=O) groups excluding carboxylic acids is 1. The van der Waals surface area contributed by atoms with Gasteiger partial charge in [0, 0.05) is 34.7 Å². The smallest absolute Gasteiger partial charge is 0.276 e. The molecule has 0 aliphatic heterocycles. The van der Waals surface area contributed by atoms with Crippen molar-refractivity contribution in [3.8, 4) is 11.8 Å². The largest absolute Gasteiger partial charge is 0.496 e. The number of anilines is 1. The first kappa shape index (κ1) is 21.3. The molecule has 30 heavy (non-hydrogen) atoms. The Morgan fingerprint density at radius 3 is 2.70 bits per heavy atom. The number of nitrogens with one attached hydrogen (secondary N) is 2. The van der Waals surface area contributed by atoms with Gasteiger partial charge in [-0.3, -0.25) is 14.6 Å². The third kappa shape index (κ3) is 5.56. The van der Waals surface area contributed by atoms with Gasteiger partial charge in [0.1, 0.15) is 12.4 Å². The molecule has 0 unspecified atom stereocenters. The zero-order valence-electron chi connectivity index (χ0n) is 16.2. The summed E-state index contributed by atoms with van der Waals surface area (Å²) in [6, 6.07) is 16.3. The molecule has 0 radical (unpaired) electrons. The van der Waals surface area contributed by atoms with Crippen molar-refractivity contribution in [1.29, 1.82) is 5.26 Å². The van der Waals surface area contributed by atoms with Crippen LogP contribution in [0.3, 0.4) is 0 Å². The van der Waals surface area contributed by atoms with E-state index in [1.54, 1.807) is 36.7 Å². The molecule has 0 aliphatic carbocycles. The number of nitriles is 1. The Labute approximate surface area is 182 Å². The normalized spacial score (nSPS) is 10.2. The summed E-state index contributed by atoms with van der Waals surface area (Å²) >= 11 is 3.40. The van der Waals surface area contributed by atoms with Crippen LogP contribution in [0.5, 0.6) is 5.75 Å². The summed E-state index contributed by atoms with van der Waals surface area (Å²) < 4.78 is 6.05. The standard InChI is InChI=1S/C22H19BrN4O3/c1-29-21-10-16(12-24)2-3-17(21)14-30-27-22(28)19-11-18(23)4-5-20(19)26-13-15-6-8-25-9-7-15/h2-11,26H,13-14H2,1H3,(H,27,28). The van der Waals surface area contributed by atoms with Crippen LogP contribution in [0, 0.1) is 11.3 Å². The van der Waals surface area contributed by atoms with Gasteiger partial charge in [0.05, 0.1) is 24.3 Å². The predicted molar refractivity (Wildman–Crippen MR) is 116 cm³/mol. The number of benzene rings is 2. The Morgan fingerprint density at radius 2 is 1.97 bits per heavy atom. The van der Waals surface area contributed by atoms with Crippen molar-refractivity contribution in [2.24, 2.45) is 0 Å². The molecule has 0 saturated carbocycles. The van der Waals surface area contributed by atoms with E-state index in [-0.39, 0.29) is 12.5 Å². The highest BCUT2D eigenvalue weighted by molar-refractivity contribution is 9.10. The van der Waals surface area contributed by atoms with E-state index in [9.17, 15) is 4.79 Å². The van der Waals surface area contributed by atoms with Crippen LogP contribution in [0.25, 0.3) is 0 Å². The molecule has 8 heteroatoms. The SMILES string of the molecule is COc1cc(C#N)ccc1CONC(=O)c1cc(Br)ccc1NCc1ccncc1. The summed E-state index contributed by atoms with van der Waals surface area (Å²) in [5.41, 5.74) is 5.81. The molecule has 1 amide bonds. The minimum absolute atomic E-state index is 0.0917. The van der Waals surface area contributed by atoms with Crippen LogP contribution in [0.1, 0.15) is 27.0 Å². The second-order valence-corrected chi connectivity index (χ2v) is 7.17.